The van der Waals surface area contributed by atoms with Gasteiger partial charge in [0.25, 0.3) is 0 Å². The molecule has 0 aliphatic carbocycles. The van der Waals surface area contributed by atoms with Gasteiger partial charge in [-0.05, 0) is 0 Å². The van der Waals surface area contributed by atoms with Crippen LogP contribution in [-0.2, 0) is 19.1 Å². The molecule has 1 aliphatic rings. The molecule has 4 nitrogen and oxygen atoms in total. The number of hydrogen-bond acceptors (Lipinski definition) is 4. The first-order valence-corrected chi connectivity index (χ1v) is 3.35. The lowest BCUT2D eigenvalue weighted by Crippen LogP contribution is -2.22. The van der Waals surface area contributed by atoms with Crippen LogP contribution in [0.5, 0.6) is 0 Å². The van der Waals surface area contributed by atoms with Crippen molar-refractivity contribution < 1.29 is 19.1 Å². The third kappa shape index (κ3) is 1.93. The van der Waals surface area contributed by atoms with Crippen LogP contribution in [0.1, 0.15) is 13.8 Å². The summed E-state index contributed by atoms with van der Waals surface area (Å²) < 4.78 is 9.23. The summed E-state index contributed by atoms with van der Waals surface area (Å²) in [6.07, 6.45) is 0. The van der Waals surface area contributed by atoms with Gasteiger partial charge in [-0.1, -0.05) is 13.8 Å². The van der Waals surface area contributed by atoms with Gasteiger partial charge in [0, 0.05) is 5.41 Å². The zero-order valence-electron chi connectivity index (χ0n) is 6.55. The molecular formula is C7H10O4. The third-order valence-corrected chi connectivity index (χ3v) is 1.35. The smallest absolute Gasteiger partial charge is 0.417 e. The molecule has 1 fully saturated rings. The highest BCUT2D eigenvalue weighted by molar-refractivity contribution is 6.29. The third-order valence-electron chi connectivity index (χ3n) is 1.35. The summed E-state index contributed by atoms with van der Waals surface area (Å²) in [4.78, 5) is 21.2. The molecule has 62 valence electrons. The summed E-state index contributed by atoms with van der Waals surface area (Å²) in [5.74, 6) is -1.79. The van der Waals surface area contributed by atoms with Gasteiger partial charge >= 0.3 is 11.9 Å². The van der Waals surface area contributed by atoms with Crippen LogP contribution in [0, 0.1) is 5.41 Å². The maximum absolute atomic E-state index is 10.6. The van der Waals surface area contributed by atoms with E-state index in [-0.39, 0.29) is 18.6 Å². The van der Waals surface area contributed by atoms with Gasteiger partial charge in [-0.3, -0.25) is 0 Å². The van der Waals surface area contributed by atoms with Crippen LogP contribution in [-0.4, -0.2) is 25.2 Å². The molecule has 0 amide bonds. The van der Waals surface area contributed by atoms with Gasteiger partial charge in [0.2, 0.25) is 0 Å². The minimum absolute atomic E-state index is 0.234. The van der Waals surface area contributed by atoms with E-state index in [2.05, 4.69) is 9.47 Å². The maximum atomic E-state index is 10.6. The van der Waals surface area contributed by atoms with E-state index in [1.807, 2.05) is 13.8 Å². The fourth-order valence-corrected chi connectivity index (χ4v) is 0.681. The standard InChI is InChI=1S/C7H10O4/c1-7(2)3-10-5(8)6(9)11-4-7/h3-4H2,1-2H3. The van der Waals surface area contributed by atoms with Crippen molar-refractivity contribution in [2.75, 3.05) is 13.2 Å². The first-order valence-electron chi connectivity index (χ1n) is 3.35. The molecule has 0 aromatic rings. The molecule has 0 aromatic carbocycles. The first kappa shape index (κ1) is 8.04. The SMILES string of the molecule is CC1(C)COC(=O)C(=O)OC1. The van der Waals surface area contributed by atoms with Crippen LogP contribution < -0.4 is 0 Å². The molecule has 0 spiro atoms. The van der Waals surface area contributed by atoms with E-state index in [9.17, 15) is 9.59 Å². The number of rotatable bonds is 0. The second kappa shape index (κ2) is 2.53. The van der Waals surface area contributed by atoms with Gasteiger partial charge in [0.15, 0.2) is 0 Å². The lowest BCUT2D eigenvalue weighted by molar-refractivity contribution is -0.164. The van der Waals surface area contributed by atoms with Crippen LogP contribution in [0.4, 0.5) is 0 Å². The van der Waals surface area contributed by atoms with Gasteiger partial charge in [0.1, 0.15) is 13.2 Å². The predicted molar refractivity (Wildman–Crippen MR) is 35.7 cm³/mol. The average Bonchev–Trinajstić information content (AvgIpc) is 2.03. The Balaban J connectivity index is 2.66. The maximum Gasteiger partial charge on any atom is 0.417 e. The highest BCUT2D eigenvalue weighted by Crippen LogP contribution is 2.18. The van der Waals surface area contributed by atoms with Crippen LogP contribution in [0.2, 0.25) is 0 Å². The second-order valence-corrected chi connectivity index (χ2v) is 3.32. The van der Waals surface area contributed by atoms with Gasteiger partial charge < -0.3 is 9.47 Å². The zero-order valence-corrected chi connectivity index (χ0v) is 6.55. The Morgan fingerprint density at radius 3 is 1.82 bits per heavy atom. The quantitative estimate of drug-likeness (QED) is 0.371. The molecular weight excluding hydrogens is 148 g/mol. The van der Waals surface area contributed by atoms with Crippen LogP contribution in [0.25, 0.3) is 0 Å². The topological polar surface area (TPSA) is 52.6 Å². The fourth-order valence-electron chi connectivity index (χ4n) is 0.681. The number of carbonyl (C=O) groups is 2. The molecule has 0 saturated carbocycles. The Bertz CT molecular complexity index is 175. The Kier molecular flexibility index (Phi) is 1.85. The van der Waals surface area contributed by atoms with Crippen molar-refractivity contribution >= 4 is 11.9 Å². The van der Waals surface area contributed by atoms with Gasteiger partial charge in [-0.15, -0.1) is 0 Å². The Hall–Kier alpha value is -1.06. The van der Waals surface area contributed by atoms with Crippen molar-refractivity contribution in [3.05, 3.63) is 0 Å². The highest BCUT2D eigenvalue weighted by atomic mass is 16.6. The van der Waals surface area contributed by atoms with Gasteiger partial charge in [-0.25, -0.2) is 9.59 Å². The van der Waals surface area contributed by atoms with Crippen molar-refractivity contribution in [1.29, 1.82) is 0 Å². The highest BCUT2D eigenvalue weighted by Gasteiger charge is 2.30. The summed E-state index contributed by atoms with van der Waals surface area (Å²) >= 11 is 0. The summed E-state index contributed by atoms with van der Waals surface area (Å²) in [7, 11) is 0. The predicted octanol–water partition coefficient (Wildman–Crippen LogP) is 0.113. The molecule has 0 atom stereocenters. The molecule has 11 heavy (non-hydrogen) atoms. The van der Waals surface area contributed by atoms with E-state index < -0.39 is 11.9 Å². The number of carbonyl (C=O) groups excluding carboxylic acids is 2. The molecule has 0 N–H and O–H groups in total. The summed E-state index contributed by atoms with van der Waals surface area (Å²) in [5, 5.41) is 0. The van der Waals surface area contributed by atoms with E-state index >= 15 is 0 Å². The molecule has 0 unspecified atom stereocenters. The van der Waals surface area contributed by atoms with Crippen molar-refractivity contribution in [3.8, 4) is 0 Å². The lowest BCUT2D eigenvalue weighted by atomic mass is 9.97. The van der Waals surface area contributed by atoms with Crippen molar-refractivity contribution in [2.24, 2.45) is 5.41 Å². The minimum Gasteiger partial charge on any atom is -0.457 e. The van der Waals surface area contributed by atoms with E-state index in [1.54, 1.807) is 0 Å². The monoisotopic (exact) mass is 158 g/mol. The van der Waals surface area contributed by atoms with Crippen LogP contribution in [0.15, 0.2) is 0 Å². The Morgan fingerprint density at radius 2 is 1.45 bits per heavy atom. The number of cyclic esters (lactones) is 2. The Labute approximate surface area is 64.5 Å². The molecule has 1 saturated heterocycles. The first-order chi connectivity index (χ1) is 5.01. The van der Waals surface area contributed by atoms with E-state index in [0.717, 1.165) is 0 Å². The average molecular weight is 158 g/mol. The van der Waals surface area contributed by atoms with Crippen molar-refractivity contribution in [3.63, 3.8) is 0 Å². The van der Waals surface area contributed by atoms with Crippen LogP contribution >= 0.6 is 0 Å². The van der Waals surface area contributed by atoms with Crippen molar-refractivity contribution in [2.45, 2.75) is 13.8 Å². The molecule has 0 bridgehead atoms. The summed E-state index contributed by atoms with van der Waals surface area (Å²) in [5.41, 5.74) is -0.262. The van der Waals surface area contributed by atoms with Crippen LogP contribution in [0.3, 0.4) is 0 Å². The van der Waals surface area contributed by atoms with E-state index in [0.29, 0.717) is 0 Å². The fraction of sp³-hybridized carbons (Fsp3) is 0.714. The number of ether oxygens (including phenoxy) is 2. The summed E-state index contributed by atoms with van der Waals surface area (Å²) in [6.45, 7) is 4.19. The normalized spacial score (nSPS) is 23.5. The van der Waals surface area contributed by atoms with E-state index in [4.69, 9.17) is 0 Å². The molecule has 0 radical (unpaired) electrons. The molecule has 0 aromatic heterocycles. The number of esters is 2. The minimum atomic E-state index is -0.893. The molecule has 1 rings (SSSR count). The number of hydrogen-bond donors (Lipinski definition) is 0. The Morgan fingerprint density at radius 1 is 1.09 bits per heavy atom. The zero-order chi connectivity index (χ0) is 8.48. The van der Waals surface area contributed by atoms with Crippen molar-refractivity contribution in [1.82, 2.24) is 0 Å². The van der Waals surface area contributed by atoms with Gasteiger partial charge in [0.05, 0.1) is 0 Å². The molecule has 4 heteroatoms. The largest absolute Gasteiger partial charge is 0.457 e. The van der Waals surface area contributed by atoms with E-state index in [1.165, 1.54) is 0 Å². The summed E-state index contributed by atoms with van der Waals surface area (Å²) in [6, 6.07) is 0. The second-order valence-electron chi connectivity index (χ2n) is 3.32. The molecule has 1 aliphatic heterocycles. The molecule has 1 heterocycles. The lowest BCUT2D eigenvalue weighted by Gasteiger charge is -2.18. The van der Waals surface area contributed by atoms with Gasteiger partial charge in [-0.2, -0.15) is 0 Å².